The minimum atomic E-state index is -0.726. The minimum Gasteiger partial charge on any atom is -0.436 e. The van der Waals surface area contributed by atoms with E-state index in [1.54, 1.807) is 12.1 Å². The van der Waals surface area contributed by atoms with E-state index in [2.05, 4.69) is 15.3 Å². The van der Waals surface area contributed by atoms with Gasteiger partial charge in [0.1, 0.15) is 5.75 Å². The van der Waals surface area contributed by atoms with Gasteiger partial charge in [-0.3, -0.25) is 4.79 Å². The predicted molar refractivity (Wildman–Crippen MR) is 75.8 cm³/mol. The molecule has 6 nitrogen and oxygen atoms in total. The van der Waals surface area contributed by atoms with Gasteiger partial charge in [-0.05, 0) is 18.6 Å². The first kappa shape index (κ1) is 14.7. The van der Waals surface area contributed by atoms with E-state index in [1.165, 1.54) is 12.1 Å². The van der Waals surface area contributed by atoms with Crippen molar-refractivity contribution in [1.29, 1.82) is 0 Å². The van der Waals surface area contributed by atoms with Crippen molar-refractivity contribution >= 4 is 11.9 Å². The summed E-state index contributed by atoms with van der Waals surface area (Å²) < 4.78 is 19.1. The average molecular weight is 290 g/mol. The van der Waals surface area contributed by atoms with Gasteiger partial charge in [0.05, 0.1) is 11.8 Å². The van der Waals surface area contributed by atoms with Crippen molar-refractivity contribution in [2.24, 2.45) is 5.73 Å². The van der Waals surface area contributed by atoms with Crippen molar-refractivity contribution in [3.8, 4) is 11.6 Å². The van der Waals surface area contributed by atoms with Crippen LogP contribution in [-0.4, -0.2) is 22.4 Å². The second-order valence-electron chi connectivity index (χ2n) is 4.24. The standard InChI is InChI=1S/C14H15FN4O2/c1-2-7-17-14-18-8-10(15)13(19-14)21-11-6-4-3-5-9(11)12(16)20/h3-6,8H,2,7H2,1H3,(H2,16,20)(H,17,18,19). The zero-order valence-corrected chi connectivity index (χ0v) is 11.5. The number of carbonyl (C=O) groups excluding carboxylic acids is 1. The number of aromatic nitrogens is 2. The first-order valence-corrected chi connectivity index (χ1v) is 6.45. The molecule has 3 N–H and O–H groups in total. The molecule has 1 aromatic heterocycles. The van der Waals surface area contributed by atoms with Crippen LogP contribution < -0.4 is 15.8 Å². The second kappa shape index (κ2) is 6.65. The van der Waals surface area contributed by atoms with Crippen LogP contribution in [0.15, 0.2) is 30.5 Å². The highest BCUT2D eigenvalue weighted by Crippen LogP contribution is 2.26. The molecule has 7 heteroatoms. The van der Waals surface area contributed by atoms with Gasteiger partial charge in [0.25, 0.3) is 11.8 Å². The number of amides is 1. The quantitative estimate of drug-likeness (QED) is 0.852. The molecule has 0 saturated heterocycles. The SMILES string of the molecule is CCCNc1ncc(F)c(Oc2ccccc2C(N)=O)n1. The van der Waals surface area contributed by atoms with Gasteiger partial charge in [0.15, 0.2) is 0 Å². The Kier molecular flexibility index (Phi) is 4.65. The number of anilines is 1. The highest BCUT2D eigenvalue weighted by atomic mass is 19.1. The summed E-state index contributed by atoms with van der Waals surface area (Å²) in [5, 5.41) is 2.92. The van der Waals surface area contributed by atoms with Gasteiger partial charge >= 0.3 is 0 Å². The van der Waals surface area contributed by atoms with E-state index in [1.807, 2.05) is 6.92 Å². The maximum atomic E-state index is 13.7. The molecule has 0 bridgehead atoms. The van der Waals surface area contributed by atoms with Crippen molar-refractivity contribution in [3.05, 3.63) is 41.8 Å². The van der Waals surface area contributed by atoms with Crippen molar-refractivity contribution in [2.45, 2.75) is 13.3 Å². The van der Waals surface area contributed by atoms with Gasteiger partial charge in [-0.15, -0.1) is 0 Å². The molecular weight excluding hydrogens is 275 g/mol. The Hall–Kier alpha value is -2.70. The molecule has 2 rings (SSSR count). The lowest BCUT2D eigenvalue weighted by atomic mass is 10.2. The first-order valence-electron chi connectivity index (χ1n) is 6.45. The summed E-state index contributed by atoms with van der Waals surface area (Å²) in [5.41, 5.74) is 5.40. The number of carbonyl (C=O) groups is 1. The molecule has 0 aliphatic heterocycles. The van der Waals surface area contributed by atoms with Crippen LogP contribution in [-0.2, 0) is 0 Å². The van der Waals surface area contributed by atoms with Gasteiger partial charge in [-0.1, -0.05) is 19.1 Å². The fourth-order valence-electron chi connectivity index (χ4n) is 1.61. The smallest absolute Gasteiger partial charge is 0.260 e. The molecule has 0 radical (unpaired) electrons. The Morgan fingerprint density at radius 1 is 1.43 bits per heavy atom. The summed E-state index contributed by atoms with van der Waals surface area (Å²) in [5.74, 6) is -1.26. The molecular formula is C14H15FN4O2. The molecule has 0 fully saturated rings. The Bertz CT molecular complexity index is 649. The molecule has 1 amide bonds. The summed E-state index contributed by atoms with van der Waals surface area (Å²) in [7, 11) is 0. The number of hydrogen-bond acceptors (Lipinski definition) is 5. The molecule has 2 aromatic rings. The summed E-state index contributed by atoms with van der Waals surface area (Å²) in [6.07, 6.45) is 1.88. The fourth-order valence-corrected chi connectivity index (χ4v) is 1.61. The number of nitrogens with zero attached hydrogens (tertiary/aromatic N) is 2. The molecule has 0 atom stereocenters. The number of nitrogens with one attached hydrogen (secondary N) is 1. The van der Waals surface area contributed by atoms with Crippen LogP contribution in [0.25, 0.3) is 0 Å². The van der Waals surface area contributed by atoms with Gasteiger partial charge in [-0.2, -0.15) is 9.37 Å². The zero-order chi connectivity index (χ0) is 15.2. The number of ether oxygens (including phenoxy) is 1. The summed E-state index contributed by atoms with van der Waals surface area (Å²) in [6.45, 7) is 2.64. The van der Waals surface area contributed by atoms with E-state index >= 15 is 0 Å². The van der Waals surface area contributed by atoms with Crippen LogP contribution in [0.1, 0.15) is 23.7 Å². The number of benzene rings is 1. The van der Waals surface area contributed by atoms with Crippen molar-refractivity contribution < 1.29 is 13.9 Å². The molecule has 110 valence electrons. The fraction of sp³-hybridized carbons (Fsp3) is 0.214. The van der Waals surface area contributed by atoms with Gasteiger partial charge in [0.2, 0.25) is 11.8 Å². The van der Waals surface area contributed by atoms with Gasteiger partial charge in [0, 0.05) is 6.54 Å². The molecule has 0 saturated carbocycles. The number of para-hydroxylation sites is 1. The topological polar surface area (TPSA) is 90.1 Å². The van der Waals surface area contributed by atoms with E-state index in [9.17, 15) is 9.18 Å². The Morgan fingerprint density at radius 2 is 2.19 bits per heavy atom. The highest BCUT2D eigenvalue weighted by molar-refractivity contribution is 5.95. The van der Waals surface area contributed by atoms with E-state index in [-0.39, 0.29) is 23.1 Å². The number of hydrogen-bond donors (Lipinski definition) is 2. The summed E-state index contributed by atoms with van der Waals surface area (Å²) >= 11 is 0. The summed E-state index contributed by atoms with van der Waals surface area (Å²) in [6, 6.07) is 6.29. The lowest BCUT2D eigenvalue weighted by molar-refractivity contribution is 0.0998. The predicted octanol–water partition coefficient (Wildman–Crippen LogP) is 2.33. The zero-order valence-electron chi connectivity index (χ0n) is 11.5. The van der Waals surface area contributed by atoms with E-state index < -0.39 is 11.7 Å². The maximum Gasteiger partial charge on any atom is 0.260 e. The minimum absolute atomic E-state index is 0.143. The van der Waals surface area contributed by atoms with Crippen molar-refractivity contribution in [1.82, 2.24) is 9.97 Å². The molecule has 1 heterocycles. The van der Waals surface area contributed by atoms with Crippen LogP contribution in [0.4, 0.5) is 10.3 Å². The van der Waals surface area contributed by atoms with Crippen molar-refractivity contribution in [2.75, 3.05) is 11.9 Å². The first-order chi connectivity index (χ1) is 10.1. The third-order valence-electron chi connectivity index (χ3n) is 2.60. The molecule has 0 aliphatic rings. The number of primary amides is 1. The Labute approximate surface area is 121 Å². The third kappa shape index (κ3) is 3.65. The normalized spacial score (nSPS) is 10.2. The monoisotopic (exact) mass is 290 g/mol. The Balaban J connectivity index is 2.29. The summed E-state index contributed by atoms with van der Waals surface area (Å²) in [4.78, 5) is 19.0. The van der Waals surface area contributed by atoms with Crippen LogP contribution in [0.3, 0.4) is 0 Å². The number of halogens is 1. The lowest BCUT2D eigenvalue weighted by Crippen LogP contribution is -2.12. The molecule has 0 spiro atoms. The lowest BCUT2D eigenvalue weighted by Gasteiger charge is -2.10. The molecule has 21 heavy (non-hydrogen) atoms. The number of nitrogens with two attached hydrogens (primary N) is 1. The van der Waals surface area contributed by atoms with Crippen LogP contribution >= 0.6 is 0 Å². The molecule has 1 aromatic carbocycles. The van der Waals surface area contributed by atoms with E-state index in [0.29, 0.717) is 6.54 Å². The highest BCUT2D eigenvalue weighted by Gasteiger charge is 2.14. The van der Waals surface area contributed by atoms with Gasteiger partial charge < -0.3 is 15.8 Å². The average Bonchev–Trinajstić information content (AvgIpc) is 2.48. The largest absolute Gasteiger partial charge is 0.436 e. The molecule has 0 aliphatic carbocycles. The maximum absolute atomic E-state index is 13.7. The van der Waals surface area contributed by atoms with Crippen LogP contribution in [0.5, 0.6) is 11.6 Å². The second-order valence-corrected chi connectivity index (χ2v) is 4.24. The van der Waals surface area contributed by atoms with Gasteiger partial charge in [-0.25, -0.2) is 4.98 Å². The van der Waals surface area contributed by atoms with Crippen LogP contribution in [0, 0.1) is 5.82 Å². The van der Waals surface area contributed by atoms with Crippen molar-refractivity contribution in [3.63, 3.8) is 0 Å². The van der Waals surface area contributed by atoms with Crippen LogP contribution in [0.2, 0.25) is 0 Å². The van der Waals surface area contributed by atoms with E-state index in [4.69, 9.17) is 10.5 Å². The number of rotatable bonds is 6. The molecule has 0 unspecified atom stereocenters. The van der Waals surface area contributed by atoms with E-state index in [0.717, 1.165) is 12.6 Å². The Morgan fingerprint density at radius 3 is 2.90 bits per heavy atom. The third-order valence-corrected chi connectivity index (χ3v) is 2.60.